The highest BCUT2D eigenvalue weighted by atomic mass is 16.5. The monoisotopic (exact) mass is 265 g/mol. The van der Waals surface area contributed by atoms with E-state index in [4.69, 9.17) is 4.52 Å². The van der Waals surface area contributed by atoms with Crippen LogP contribution in [0, 0.1) is 0 Å². The lowest BCUT2D eigenvalue weighted by Gasteiger charge is -1.99. The van der Waals surface area contributed by atoms with Gasteiger partial charge in [0.2, 0.25) is 5.88 Å². The number of carbonyl (C=O) groups excluding carboxylic acids is 1. The molecule has 0 saturated heterocycles. The average Bonchev–Trinajstić information content (AvgIpc) is 2.97. The van der Waals surface area contributed by atoms with Gasteiger partial charge in [0.25, 0.3) is 5.91 Å². The Hall–Kier alpha value is -2.95. The Balaban J connectivity index is 1.77. The van der Waals surface area contributed by atoms with E-state index in [2.05, 4.69) is 15.5 Å². The van der Waals surface area contributed by atoms with Crippen molar-refractivity contribution in [3.63, 3.8) is 0 Å². The first kappa shape index (κ1) is 12.1. The average molecular weight is 265 g/mol. The number of benzene rings is 1. The van der Waals surface area contributed by atoms with Crippen molar-refractivity contribution >= 4 is 11.8 Å². The molecular weight excluding hydrogens is 254 g/mol. The van der Waals surface area contributed by atoms with Crippen molar-refractivity contribution < 1.29 is 9.32 Å². The van der Waals surface area contributed by atoms with Crippen LogP contribution in [-0.4, -0.2) is 16.0 Å². The molecule has 3 rings (SSSR count). The molecule has 0 aliphatic rings. The first-order valence-electron chi connectivity index (χ1n) is 6.06. The van der Waals surface area contributed by atoms with Crippen LogP contribution in [0.4, 0.5) is 5.88 Å². The van der Waals surface area contributed by atoms with E-state index in [0.717, 1.165) is 5.56 Å². The lowest BCUT2D eigenvalue weighted by atomic mass is 10.2. The summed E-state index contributed by atoms with van der Waals surface area (Å²) in [6, 6.07) is 14.3. The SMILES string of the molecule is O=C(Nc1cc(-c2cccnc2)no1)c1ccccc1. The van der Waals surface area contributed by atoms with Crippen molar-refractivity contribution in [3.05, 3.63) is 66.5 Å². The maximum absolute atomic E-state index is 11.9. The van der Waals surface area contributed by atoms with Gasteiger partial charge in [-0.25, -0.2) is 0 Å². The second kappa shape index (κ2) is 5.36. The van der Waals surface area contributed by atoms with Gasteiger partial charge in [0.1, 0.15) is 5.69 Å². The fraction of sp³-hybridized carbons (Fsp3) is 0. The van der Waals surface area contributed by atoms with Crippen molar-refractivity contribution in [3.8, 4) is 11.3 Å². The van der Waals surface area contributed by atoms with Gasteiger partial charge in [0, 0.05) is 29.6 Å². The molecule has 0 saturated carbocycles. The number of rotatable bonds is 3. The van der Waals surface area contributed by atoms with E-state index in [-0.39, 0.29) is 5.91 Å². The van der Waals surface area contributed by atoms with Gasteiger partial charge in [0.15, 0.2) is 0 Å². The molecular formula is C15H11N3O2. The van der Waals surface area contributed by atoms with Gasteiger partial charge < -0.3 is 4.52 Å². The van der Waals surface area contributed by atoms with Crippen LogP contribution in [0.3, 0.4) is 0 Å². The third-order valence-corrected chi connectivity index (χ3v) is 2.74. The molecule has 0 fully saturated rings. The van der Waals surface area contributed by atoms with Gasteiger partial charge in [-0.15, -0.1) is 0 Å². The summed E-state index contributed by atoms with van der Waals surface area (Å²) in [5.41, 5.74) is 2.02. The maximum atomic E-state index is 11.9. The summed E-state index contributed by atoms with van der Waals surface area (Å²) in [6.07, 6.45) is 3.36. The quantitative estimate of drug-likeness (QED) is 0.790. The Morgan fingerprint density at radius 2 is 1.95 bits per heavy atom. The predicted octanol–water partition coefficient (Wildman–Crippen LogP) is 2.99. The number of aromatic nitrogens is 2. The van der Waals surface area contributed by atoms with E-state index in [9.17, 15) is 4.79 Å². The van der Waals surface area contributed by atoms with Gasteiger partial charge in [-0.3, -0.25) is 15.1 Å². The molecule has 0 atom stereocenters. The minimum Gasteiger partial charge on any atom is -0.338 e. The van der Waals surface area contributed by atoms with Crippen molar-refractivity contribution in [2.24, 2.45) is 0 Å². The fourth-order valence-corrected chi connectivity index (χ4v) is 1.76. The summed E-state index contributed by atoms with van der Waals surface area (Å²) in [5, 5.41) is 6.56. The van der Waals surface area contributed by atoms with Crippen LogP contribution in [0.5, 0.6) is 0 Å². The zero-order chi connectivity index (χ0) is 13.8. The Morgan fingerprint density at radius 3 is 2.70 bits per heavy atom. The third-order valence-electron chi connectivity index (χ3n) is 2.74. The Labute approximate surface area is 115 Å². The molecule has 0 aliphatic carbocycles. The molecule has 2 aromatic heterocycles. The Kier molecular flexibility index (Phi) is 3.24. The molecule has 0 spiro atoms. The largest absolute Gasteiger partial charge is 0.338 e. The van der Waals surface area contributed by atoms with E-state index in [1.54, 1.807) is 42.7 Å². The summed E-state index contributed by atoms with van der Waals surface area (Å²) in [4.78, 5) is 16.0. The fourth-order valence-electron chi connectivity index (χ4n) is 1.76. The predicted molar refractivity (Wildman–Crippen MR) is 74.1 cm³/mol. The minimum atomic E-state index is -0.237. The zero-order valence-corrected chi connectivity index (χ0v) is 10.5. The summed E-state index contributed by atoms with van der Waals surface area (Å²) >= 11 is 0. The van der Waals surface area contributed by atoms with Gasteiger partial charge in [-0.05, 0) is 24.3 Å². The maximum Gasteiger partial charge on any atom is 0.258 e. The van der Waals surface area contributed by atoms with Crippen LogP contribution < -0.4 is 5.32 Å². The van der Waals surface area contributed by atoms with Crippen molar-refractivity contribution in [1.82, 2.24) is 10.1 Å². The number of pyridine rings is 1. The molecule has 1 amide bonds. The number of hydrogen-bond acceptors (Lipinski definition) is 4. The van der Waals surface area contributed by atoms with E-state index in [0.29, 0.717) is 17.1 Å². The van der Waals surface area contributed by atoms with Gasteiger partial charge >= 0.3 is 0 Å². The molecule has 20 heavy (non-hydrogen) atoms. The summed E-state index contributed by atoms with van der Waals surface area (Å²) < 4.78 is 5.10. The highest BCUT2D eigenvalue weighted by Crippen LogP contribution is 2.20. The number of hydrogen-bond donors (Lipinski definition) is 1. The van der Waals surface area contributed by atoms with E-state index < -0.39 is 0 Å². The lowest BCUT2D eigenvalue weighted by Crippen LogP contribution is -2.10. The summed E-state index contributed by atoms with van der Waals surface area (Å²) in [6.45, 7) is 0. The molecule has 2 heterocycles. The van der Waals surface area contributed by atoms with E-state index in [1.807, 2.05) is 18.2 Å². The molecule has 0 radical (unpaired) electrons. The van der Waals surface area contributed by atoms with Crippen molar-refractivity contribution in [1.29, 1.82) is 0 Å². The second-order valence-electron chi connectivity index (χ2n) is 4.14. The van der Waals surface area contributed by atoms with E-state index >= 15 is 0 Å². The molecule has 5 heteroatoms. The van der Waals surface area contributed by atoms with Gasteiger partial charge in [0.05, 0.1) is 0 Å². The molecule has 3 aromatic rings. The zero-order valence-electron chi connectivity index (χ0n) is 10.5. The standard InChI is InChI=1S/C15H11N3O2/c19-15(11-5-2-1-3-6-11)17-14-9-13(18-20-14)12-7-4-8-16-10-12/h1-10H,(H,17,19). The highest BCUT2D eigenvalue weighted by molar-refractivity contribution is 6.03. The van der Waals surface area contributed by atoms with Gasteiger partial charge in [-0.1, -0.05) is 23.4 Å². The topological polar surface area (TPSA) is 68.0 Å². The molecule has 1 aromatic carbocycles. The number of nitrogens with one attached hydrogen (secondary N) is 1. The van der Waals surface area contributed by atoms with Crippen LogP contribution in [-0.2, 0) is 0 Å². The van der Waals surface area contributed by atoms with Crippen molar-refractivity contribution in [2.45, 2.75) is 0 Å². The number of nitrogens with zero attached hydrogens (tertiary/aromatic N) is 2. The lowest BCUT2D eigenvalue weighted by molar-refractivity contribution is 0.102. The molecule has 5 nitrogen and oxygen atoms in total. The first-order valence-corrected chi connectivity index (χ1v) is 6.06. The number of amides is 1. The van der Waals surface area contributed by atoms with E-state index in [1.165, 1.54) is 0 Å². The summed E-state index contributed by atoms with van der Waals surface area (Å²) in [5.74, 6) is 0.0668. The smallest absolute Gasteiger partial charge is 0.258 e. The van der Waals surface area contributed by atoms with Gasteiger partial charge in [-0.2, -0.15) is 0 Å². The number of anilines is 1. The van der Waals surface area contributed by atoms with Crippen molar-refractivity contribution in [2.75, 3.05) is 5.32 Å². The summed E-state index contributed by atoms with van der Waals surface area (Å²) in [7, 11) is 0. The normalized spacial score (nSPS) is 10.2. The molecule has 98 valence electrons. The first-order chi connectivity index (χ1) is 9.83. The Bertz CT molecular complexity index is 708. The molecule has 1 N–H and O–H groups in total. The second-order valence-corrected chi connectivity index (χ2v) is 4.14. The molecule has 0 aliphatic heterocycles. The van der Waals surface area contributed by atoms with Crippen LogP contribution >= 0.6 is 0 Å². The highest BCUT2D eigenvalue weighted by Gasteiger charge is 2.10. The Morgan fingerprint density at radius 1 is 1.10 bits per heavy atom. The van der Waals surface area contributed by atoms with Crippen LogP contribution in [0.1, 0.15) is 10.4 Å². The number of carbonyl (C=O) groups is 1. The molecule has 0 bridgehead atoms. The van der Waals surface area contributed by atoms with Crippen LogP contribution in [0.15, 0.2) is 65.4 Å². The van der Waals surface area contributed by atoms with Crippen LogP contribution in [0.25, 0.3) is 11.3 Å². The minimum absolute atomic E-state index is 0.237. The van der Waals surface area contributed by atoms with Crippen LogP contribution in [0.2, 0.25) is 0 Å². The molecule has 0 unspecified atom stereocenters. The third kappa shape index (κ3) is 2.56.